The number of benzene rings is 2. The predicted molar refractivity (Wildman–Crippen MR) is 145 cm³/mol. The van der Waals surface area contributed by atoms with Crippen molar-refractivity contribution in [2.75, 3.05) is 40.0 Å². The van der Waals surface area contributed by atoms with Crippen molar-refractivity contribution in [3.8, 4) is 5.75 Å². The number of hydrogen-bond acceptors (Lipinski definition) is 4. The summed E-state index contributed by atoms with van der Waals surface area (Å²) in [6, 6.07) is 16.6. The molecule has 0 radical (unpaired) electrons. The van der Waals surface area contributed by atoms with Gasteiger partial charge < -0.3 is 24.8 Å². The van der Waals surface area contributed by atoms with Crippen LogP contribution in [-0.2, 0) is 22.6 Å². The lowest BCUT2D eigenvalue weighted by Gasteiger charge is -2.17. The molecule has 33 heavy (non-hydrogen) atoms. The van der Waals surface area contributed by atoms with Crippen LogP contribution in [0.25, 0.3) is 0 Å². The van der Waals surface area contributed by atoms with Crippen molar-refractivity contribution in [1.29, 1.82) is 0 Å². The summed E-state index contributed by atoms with van der Waals surface area (Å²) in [6.07, 6.45) is 3.11. The van der Waals surface area contributed by atoms with Crippen LogP contribution >= 0.6 is 24.0 Å². The van der Waals surface area contributed by atoms with E-state index in [0.29, 0.717) is 25.7 Å². The Kier molecular flexibility index (Phi) is 13.2. The van der Waals surface area contributed by atoms with Crippen molar-refractivity contribution < 1.29 is 14.2 Å². The number of guanidine groups is 1. The molecule has 7 heteroatoms. The van der Waals surface area contributed by atoms with Crippen LogP contribution in [0.15, 0.2) is 53.5 Å². The van der Waals surface area contributed by atoms with Crippen molar-refractivity contribution in [3.05, 3.63) is 65.2 Å². The van der Waals surface area contributed by atoms with Crippen LogP contribution in [0.4, 0.5) is 0 Å². The fourth-order valence-electron chi connectivity index (χ4n) is 3.56. The lowest BCUT2D eigenvalue weighted by atomic mass is 10.1. The third-order valence-electron chi connectivity index (χ3n) is 5.51. The minimum Gasteiger partial charge on any atom is -0.493 e. The summed E-state index contributed by atoms with van der Waals surface area (Å²) in [6.45, 7) is 7.39. The van der Waals surface area contributed by atoms with Gasteiger partial charge >= 0.3 is 0 Å². The van der Waals surface area contributed by atoms with E-state index in [0.717, 1.165) is 62.9 Å². The number of unbranched alkanes of at least 4 members (excludes halogenated alkanes) is 1. The third-order valence-corrected chi connectivity index (χ3v) is 5.51. The molecule has 1 aliphatic heterocycles. The van der Waals surface area contributed by atoms with Gasteiger partial charge in [-0.3, -0.25) is 4.99 Å². The van der Waals surface area contributed by atoms with Gasteiger partial charge in [0, 0.05) is 44.8 Å². The van der Waals surface area contributed by atoms with E-state index in [1.807, 2.05) is 18.2 Å². The molecule has 2 N–H and O–H groups in total. The minimum atomic E-state index is 0. The van der Waals surface area contributed by atoms with Crippen LogP contribution in [0, 0.1) is 12.8 Å². The molecule has 1 aliphatic rings. The van der Waals surface area contributed by atoms with Crippen molar-refractivity contribution in [2.24, 2.45) is 10.9 Å². The molecular formula is C26H38IN3O3. The van der Waals surface area contributed by atoms with Crippen molar-refractivity contribution >= 4 is 29.9 Å². The van der Waals surface area contributed by atoms with E-state index in [1.54, 1.807) is 7.05 Å². The summed E-state index contributed by atoms with van der Waals surface area (Å²) in [5, 5.41) is 6.78. The summed E-state index contributed by atoms with van der Waals surface area (Å²) in [5.41, 5.74) is 3.54. The molecule has 2 aromatic carbocycles. The smallest absolute Gasteiger partial charge is 0.191 e. The zero-order valence-corrected chi connectivity index (χ0v) is 22.2. The summed E-state index contributed by atoms with van der Waals surface area (Å²) >= 11 is 0. The number of hydrogen-bond donors (Lipinski definition) is 2. The molecule has 182 valence electrons. The first-order valence-electron chi connectivity index (χ1n) is 11.6. The van der Waals surface area contributed by atoms with Gasteiger partial charge in [0.05, 0.1) is 19.8 Å². The average Bonchev–Trinajstić information content (AvgIpc) is 3.34. The summed E-state index contributed by atoms with van der Waals surface area (Å²) in [7, 11) is 1.80. The van der Waals surface area contributed by atoms with Gasteiger partial charge in [0.25, 0.3) is 0 Å². The number of ether oxygens (including phenoxy) is 3. The predicted octanol–water partition coefficient (Wildman–Crippen LogP) is 4.69. The Morgan fingerprint density at radius 3 is 2.73 bits per heavy atom. The Balaban J connectivity index is 0.00000385. The van der Waals surface area contributed by atoms with Gasteiger partial charge in [-0.1, -0.05) is 42.5 Å². The Morgan fingerprint density at radius 1 is 1.12 bits per heavy atom. The van der Waals surface area contributed by atoms with Crippen LogP contribution in [0.2, 0.25) is 0 Å². The average molecular weight is 568 g/mol. The highest BCUT2D eigenvalue weighted by Gasteiger charge is 2.17. The molecule has 2 aromatic rings. The van der Waals surface area contributed by atoms with Crippen LogP contribution in [0.3, 0.4) is 0 Å². The molecule has 0 spiro atoms. The van der Waals surface area contributed by atoms with E-state index in [9.17, 15) is 0 Å². The van der Waals surface area contributed by atoms with E-state index < -0.39 is 0 Å². The molecule has 6 nitrogen and oxygen atoms in total. The van der Waals surface area contributed by atoms with Gasteiger partial charge in [0.2, 0.25) is 0 Å². The van der Waals surface area contributed by atoms with E-state index >= 15 is 0 Å². The summed E-state index contributed by atoms with van der Waals surface area (Å²) in [4.78, 5) is 4.34. The summed E-state index contributed by atoms with van der Waals surface area (Å²) < 4.78 is 17.3. The highest BCUT2D eigenvalue weighted by atomic mass is 127. The zero-order valence-electron chi connectivity index (χ0n) is 19.8. The second kappa shape index (κ2) is 15.9. The Bertz CT molecular complexity index is 827. The second-order valence-electron chi connectivity index (χ2n) is 8.25. The van der Waals surface area contributed by atoms with Gasteiger partial charge in [-0.2, -0.15) is 0 Å². The van der Waals surface area contributed by atoms with E-state index in [-0.39, 0.29) is 24.0 Å². The molecule has 0 saturated carbocycles. The maximum atomic E-state index is 6.14. The van der Waals surface area contributed by atoms with Crippen LogP contribution < -0.4 is 15.4 Å². The number of rotatable bonds is 12. The third kappa shape index (κ3) is 10.3. The van der Waals surface area contributed by atoms with Crippen molar-refractivity contribution in [2.45, 2.75) is 39.3 Å². The minimum absolute atomic E-state index is 0. The number of aryl methyl sites for hydroxylation is 1. The van der Waals surface area contributed by atoms with Crippen molar-refractivity contribution in [3.63, 3.8) is 0 Å². The molecule has 0 aromatic heterocycles. The van der Waals surface area contributed by atoms with E-state index in [4.69, 9.17) is 14.2 Å². The Hall–Kier alpha value is -1.84. The molecule has 0 bridgehead atoms. The topological polar surface area (TPSA) is 64.1 Å². The van der Waals surface area contributed by atoms with Gasteiger partial charge in [0.15, 0.2) is 5.96 Å². The fraction of sp³-hybridized carbons (Fsp3) is 0.500. The molecule has 0 aliphatic carbocycles. The number of aliphatic imine (C=N–C) groups is 1. The highest BCUT2D eigenvalue weighted by Crippen LogP contribution is 2.22. The molecule has 3 rings (SSSR count). The SMILES string of the molecule is CN=C(NCCCCOCc1ccccc1)NCc1ccc(C)cc1OCC1CCOC1.I. The van der Waals surface area contributed by atoms with Crippen LogP contribution in [-0.4, -0.2) is 46.0 Å². The highest BCUT2D eigenvalue weighted by molar-refractivity contribution is 14.0. The van der Waals surface area contributed by atoms with E-state index in [2.05, 4.69) is 52.9 Å². The molecule has 1 heterocycles. The molecule has 1 fully saturated rings. The van der Waals surface area contributed by atoms with E-state index in [1.165, 1.54) is 11.1 Å². The number of nitrogens with one attached hydrogen (secondary N) is 2. The summed E-state index contributed by atoms with van der Waals surface area (Å²) in [5.74, 6) is 2.23. The fourth-order valence-corrected chi connectivity index (χ4v) is 3.56. The second-order valence-corrected chi connectivity index (χ2v) is 8.25. The molecule has 1 unspecified atom stereocenters. The zero-order chi connectivity index (χ0) is 22.4. The van der Waals surface area contributed by atoms with Gasteiger partial charge in [-0.25, -0.2) is 0 Å². The molecule has 0 amide bonds. The van der Waals surface area contributed by atoms with Crippen LogP contribution in [0.1, 0.15) is 36.0 Å². The standard InChI is InChI=1S/C26H37N3O3.HI/c1-21-10-11-24(25(16-21)32-20-23-12-15-31-19-23)17-29-26(27-2)28-13-6-7-14-30-18-22-8-4-3-5-9-22;/h3-5,8-11,16,23H,6-7,12-15,17-20H2,1-2H3,(H2,27,28,29);1H. The largest absolute Gasteiger partial charge is 0.493 e. The van der Waals surface area contributed by atoms with Gasteiger partial charge in [-0.15, -0.1) is 24.0 Å². The molecule has 1 atom stereocenters. The van der Waals surface area contributed by atoms with Gasteiger partial charge in [-0.05, 0) is 43.4 Å². The number of nitrogens with zero attached hydrogens (tertiary/aromatic N) is 1. The lowest BCUT2D eigenvalue weighted by molar-refractivity contribution is 0.117. The Morgan fingerprint density at radius 2 is 1.97 bits per heavy atom. The first-order chi connectivity index (χ1) is 15.7. The first kappa shape index (κ1) is 27.4. The molecular weight excluding hydrogens is 529 g/mol. The lowest BCUT2D eigenvalue weighted by Crippen LogP contribution is -2.37. The normalized spacial score (nSPS) is 15.7. The maximum Gasteiger partial charge on any atom is 0.191 e. The quantitative estimate of drug-likeness (QED) is 0.169. The molecule has 1 saturated heterocycles. The first-order valence-corrected chi connectivity index (χ1v) is 11.6. The van der Waals surface area contributed by atoms with Gasteiger partial charge in [0.1, 0.15) is 5.75 Å². The number of halogens is 1. The van der Waals surface area contributed by atoms with Crippen LogP contribution in [0.5, 0.6) is 5.75 Å². The Labute approximate surface area is 215 Å². The monoisotopic (exact) mass is 567 g/mol. The van der Waals surface area contributed by atoms with Crippen molar-refractivity contribution in [1.82, 2.24) is 10.6 Å². The maximum absolute atomic E-state index is 6.14.